The van der Waals surface area contributed by atoms with Gasteiger partial charge in [-0.05, 0) is 48.4 Å². The SMILES string of the molecule is O=C(OCc1ccccc1)[C@H]1C[C@H](Cc2ccc(N3CCCC3=O)cc2)CN1C(=O)O. The number of likely N-dealkylation sites (tertiary alicyclic amines) is 1. The predicted molar refractivity (Wildman–Crippen MR) is 115 cm³/mol. The van der Waals surface area contributed by atoms with Gasteiger partial charge in [0.25, 0.3) is 0 Å². The minimum absolute atomic E-state index is 0.0321. The van der Waals surface area contributed by atoms with Crippen LogP contribution in [0.5, 0.6) is 0 Å². The van der Waals surface area contributed by atoms with Gasteiger partial charge in [-0.25, -0.2) is 9.59 Å². The van der Waals surface area contributed by atoms with Crippen LogP contribution in [0.1, 0.15) is 30.4 Å². The monoisotopic (exact) mass is 422 g/mol. The summed E-state index contributed by atoms with van der Waals surface area (Å²) in [6.45, 7) is 1.18. The number of carbonyl (C=O) groups excluding carboxylic acids is 2. The summed E-state index contributed by atoms with van der Waals surface area (Å²) in [5.74, 6) is -0.321. The maximum Gasteiger partial charge on any atom is 0.408 e. The van der Waals surface area contributed by atoms with Crippen LogP contribution < -0.4 is 4.90 Å². The number of nitrogens with zero attached hydrogens (tertiary/aromatic N) is 2. The summed E-state index contributed by atoms with van der Waals surface area (Å²) in [4.78, 5) is 39.2. The van der Waals surface area contributed by atoms with Gasteiger partial charge in [-0.3, -0.25) is 9.69 Å². The molecule has 0 bridgehead atoms. The third-order valence-electron chi connectivity index (χ3n) is 5.98. The van der Waals surface area contributed by atoms with Gasteiger partial charge in [0.05, 0.1) is 0 Å². The van der Waals surface area contributed by atoms with Gasteiger partial charge in [0.1, 0.15) is 12.6 Å². The molecule has 2 aromatic rings. The Bertz CT molecular complexity index is 944. The second-order valence-electron chi connectivity index (χ2n) is 8.17. The van der Waals surface area contributed by atoms with Crippen LogP contribution in [-0.4, -0.2) is 47.1 Å². The van der Waals surface area contributed by atoms with Crippen LogP contribution in [0, 0.1) is 5.92 Å². The maximum absolute atomic E-state index is 12.6. The Hall–Kier alpha value is -3.35. The third-order valence-corrected chi connectivity index (χ3v) is 5.98. The molecule has 7 heteroatoms. The molecule has 0 aliphatic carbocycles. The lowest BCUT2D eigenvalue weighted by molar-refractivity contribution is -0.149. The van der Waals surface area contributed by atoms with Crippen LogP contribution in [0.3, 0.4) is 0 Å². The second-order valence-corrected chi connectivity index (χ2v) is 8.17. The summed E-state index contributed by atoms with van der Waals surface area (Å²) < 4.78 is 5.39. The Morgan fingerprint density at radius 2 is 1.77 bits per heavy atom. The van der Waals surface area contributed by atoms with Gasteiger partial charge in [-0.1, -0.05) is 42.5 Å². The molecule has 0 spiro atoms. The van der Waals surface area contributed by atoms with Crippen molar-refractivity contribution in [3.8, 4) is 0 Å². The smallest absolute Gasteiger partial charge is 0.408 e. The number of carboxylic acid groups (broad SMARTS) is 1. The Labute approximate surface area is 181 Å². The largest absolute Gasteiger partial charge is 0.465 e. The fourth-order valence-electron chi connectivity index (χ4n) is 4.40. The number of esters is 1. The summed E-state index contributed by atoms with van der Waals surface area (Å²) in [7, 11) is 0. The number of amides is 2. The molecule has 2 saturated heterocycles. The molecule has 0 unspecified atom stereocenters. The molecule has 0 saturated carbocycles. The minimum atomic E-state index is -1.10. The zero-order valence-corrected chi connectivity index (χ0v) is 17.3. The lowest BCUT2D eigenvalue weighted by Crippen LogP contribution is -2.40. The summed E-state index contributed by atoms with van der Waals surface area (Å²) in [6.07, 6.45) is 1.48. The van der Waals surface area contributed by atoms with Crippen molar-refractivity contribution in [2.24, 2.45) is 5.92 Å². The first-order valence-corrected chi connectivity index (χ1v) is 10.6. The molecular weight excluding hydrogens is 396 g/mol. The molecular formula is C24H26N2O5. The van der Waals surface area contributed by atoms with Gasteiger partial charge in [-0.2, -0.15) is 0 Å². The van der Waals surface area contributed by atoms with E-state index in [1.807, 2.05) is 54.6 Å². The van der Waals surface area contributed by atoms with Crippen molar-refractivity contribution in [1.82, 2.24) is 4.90 Å². The molecule has 31 heavy (non-hydrogen) atoms. The maximum atomic E-state index is 12.6. The lowest BCUT2D eigenvalue weighted by atomic mass is 9.96. The zero-order valence-electron chi connectivity index (χ0n) is 17.3. The highest BCUT2D eigenvalue weighted by atomic mass is 16.5. The van der Waals surface area contributed by atoms with Crippen molar-refractivity contribution >= 4 is 23.7 Å². The van der Waals surface area contributed by atoms with Crippen LogP contribution >= 0.6 is 0 Å². The molecule has 162 valence electrons. The first-order chi connectivity index (χ1) is 15.0. The Morgan fingerprint density at radius 3 is 2.42 bits per heavy atom. The Morgan fingerprint density at radius 1 is 1.03 bits per heavy atom. The number of anilines is 1. The van der Waals surface area contributed by atoms with E-state index in [0.29, 0.717) is 25.8 Å². The summed E-state index contributed by atoms with van der Waals surface area (Å²) in [5.41, 5.74) is 2.82. The van der Waals surface area contributed by atoms with Gasteiger partial charge in [0.2, 0.25) is 5.91 Å². The van der Waals surface area contributed by atoms with Crippen molar-refractivity contribution in [3.05, 3.63) is 65.7 Å². The quantitative estimate of drug-likeness (QED) is 0.721. The van der Waals surface area contributed by atoms with Crippen molar-refractivity contribution in [2.75, 3.05) is 18.0 Å². The van der Waals surface area contributed by atoms with Crippen LogP contribution in [0.2, 0.25) is 0 Å². The molecule has 2 atom stereocenters. The van der Waals surface area contributed by atoms with E-state index in [4.69, 9.17) is 4.74 Å². The molecule has 0 aromatic heterocycles. The van der Waals surface area contributed by atoms with Gasteiger partial charge < -0.3 is 14.7 Å². The number of hydrogen-bond donors (Lipinski definition) is 1. The highest BCUT2D eigenvalue weighted by molar-refractivity contribution is 5.95. The molecule has 2 fully saturated rings. The first-order valence-electron chi connectivity index (χ1n) is 10.6. The van der Waals surface area contributed by atoms with E-state index < -0.39 is 18.1 Å². The average molecular weight is 422 g/mol. The molecule has 4 rings (SSSR count). The minimum Gasteiger partial charge on any atom is -0.465 e. The number of benzene rings is 2. The van der Waals surface area contributed by atoms with Crippen LogP contribution in [0.15, 0.2) is 54.6 Å². The average Bonchev–Trinajstić information content (AvgIpc) is 3.40. The Kier molecular flexibility index (Phi) is 6.21. The van der Waals surface area contributed by atoms with Gasteiger partial charge in [0.15, 0.2) is 0 Å². The lowest BCUT2D eigenvalue weighted by Gasteiger charge is -2.19. The summed E-state index contributed by atoms with van der Waals surface area (Å²) in [5, 5.41) is 9.56. The highest BCUT2D eigenvalue weighted by Gasteiger charge is 2.40. The second kappa shape index (κ2) is 9.20. The molecule has 2 heterocycles. The summed E-state index contributed by atoms with van der Waals surface area (Å²) in [6, 6.07) is 16.4. The molecule has 0 radical (unpaired) electrons. The van der Waals surface area contributed by atoms with E-state index >= 15 is 0 Å². The first kappa shape index (κ1) is 20.9. The van der Waals surface area contributed by atoms with E-state index in [0.717, 1.165) is 29.8 Å². The van der Waals surface area contributed by atoms with Gasteiger partial charge in [-0.15, -0.1) is 0 Å². The third kappa shape index (κ3) is 4.87. The van der Waals surface area contributed by atoms with Gasteiger partial charge in [0, 0.05) is 25.2 Å². The number of ether oxygens (including phenoxy) is 1. The molecule has 2 aliphatic heterocycles. The normalized spacial score (nSPS) is 20.8. The fourth-order valence-corrected chi connectivity index (χ4v) is 4.40. The van der Waals surface area contributed by atoms with Crippen LogP contribution in [0.4, 0.5) is 10.5 Å². The number of rotatable bonds is 6. The van der Waals surface area contributed by atoms with Crippen LogP contribution in [-0.2, 0) is 27.4 Å². The number of hydrogen-bond acceptors (Lipinski definition) is 4. The van der Waals surface area contributed by atoms with Crippen molar-refractivity contribution in [1.29, 1.82) is 0 Å². The predicted octanol–water partition coefficient (Wildman–Crippen LogP) is 3.47. The van der Waals surface area contributed by atoms with E-state index in [-0.39, 0.29) is 18.4 Å². The van der Waals surface area contributed by atoms with Crippen molar-refractivity contribution in [3.63, 3.8) is 0 Å². The van der Waals surface area contributed by atoms with E-state index in [9.17, 15) is 19.5 Å². The van der Waals surface area contributed by atoms with Gasteiger partial charge >= 0.3 is 12.1 Å². The standard InChI is InChI=1S/C24H26N2O5/c27-22-7-4-12-25(22)20-10-8-17(9-11-20)13-19-14-21(26(15-19)24(29)30)23(28)31-16-18-5-2-1-3-6-18/h1-3,5-6,8-11,19,21H,4,7,12-16H2,(H,29,30)/t19-,21+/m0/s1. The molecule has 2 amide bonds. The van der Waals surface area contributed by atoms with E-state index in [2.05, 4.69) is 0 Å². The zero-order chi connectivity index (χ0) is 21.8. The molecule has 2 aliphatic rings. The van der Waals surface area contributed by atoms with E-state index in [1.54, 1.807) is 4.90 Å². The van der Waals surface area contributed by atoms with Crippen LogP contribution in [0.25, 0.3) is 0 Å². The molecule has 2 aromatic carbocycles. The summed E-state index contributed by atoms with van der Waals surface area (Å²) >= 11 is 0. The molecule has 1 N–H and O–H groups in total. The highest BCUT2D eigenvalue weighted by Crippen LogP contribution is 2.29. The Balaban J connectivity index is 1.36. The fraction of sp³-hybridized carbons (Fsp3) is 0.375. The number of carbonyl (C=O) groups is 3. The van der Waals surface area contributed by atoms with Crippen molar-refractivity contribution < 1.29 is 24.2 Å². The van der Waals surface area contributed by atoms with Crippen molar-refractivity contribution in [2.45, 2.75) is 38.3 Å². The topological polar surface area (TPSA) is 87.2 Å². The van der Waals surface area contributed by atoms with E-state index in [1.165, 1.54) is 4.90 Å². The molecule has 7 nitrogen and oxygen atoms in total.